The van der Waals surface area contributed by atoms with E-state index in [-0.39, 0.29) is 0 Å². The molecule has 0 amide bonds. The van der Waals surface area contributed by atoms with Crippen LogP contribution in [0, 0.1) is 0 Å². The van der Waals surface area contributed by atoms with Gasteiger partial charge in [0.25, 0.3) is 0 Å². The summed E-state index contributed by atoms with van der Waals surface area (Å²) in [5.41, 5.74) is 11.2. The van der Waals surface area contributed by atoms with Crippen molar-refractivity contribution in [1.29, 1.82) is 0 Å². The minimum Gasteiger partial charge on any atom is -0.455 e. The van der Waals surface area contributed by atoms with Gasteiger partial charge in [0.05, 0.1) is 0 Å². The van der Waals surface area contributed by atoms with Gasteiger partial charge in [0.1, 0.15) is 11.2 Å². The average molecular weight is 728 g/mol. The lowest BCUT2D eigenvalue weighted by molar-refractivity contribution is 0.670. The summed E-state index contributed by atoms with van der Waals surface area (Å²) in [7, 11) is 0. The van der Waals surface area contributed by atoms with E-state index < -0.39 is 0 Å². The van der Waals surface area contributed by atoms with Crippen LogP contribution in [0.3, 0.4) is 0 Å². The number of rotatable bonds is 6. The number of fused-ring (bicyclic) bond motifs is 6. The molecule has 4 heteroatoms. The summed E-state index contributed by atoms with van der Waals surface area (Å²) in [5.74, 6) is 1.81. The van der Waals surface area contributed by atoms with Crippen molar-refractivity contribution in [2.45, 2.75) is 0 Å². The van der Waals surface area contributed by atoms with E-state index in [0.717, 1.165) is 77.0 Å². The van der Waals surface area contributed by atoms with Crippen LogP contribution in [0.4, 0.5) is 0 Å². The monoisotopic (exact) mass is 727 g/mol. The van der Waals surface area contributed by atoms with E-state index in [4.69, 9.17) is 19.4 Å². The van der Waals surface area contributed by atoms with Gasteiger partial charge in [-0.1, -0.05) is 188 Å². The van der Waals surface area contributed by atoms with Crippen molar-refractivity contribution in [1.82, 2.24) is 15.0 Å². The minimum atomic E-state index is 0.588. The number of furan rings is 1. The van der Waals surface area contributed by atoms with Crippen molar-refractivity contribution < 1.29 is 4.42 Å². The topological polar surface area (TPSA) is 51.8 Å². The fourth-order valence-corrected chi connectivity index (χ4v) is 8.16. The maximum absolute atomic E-state index is 6.73. The van der Waals surface area contributed by atoms with Crippen LogP contribution in [0.2, 0.25) is 0 Å². The molecule has 0 radical (unpaired) electrons. The van der Waals surface area contributed by atoms with Crippen molar-refractivity contribution in [2.75, 3.05) is 0 Å². The van der Waals surface area contributed by atoms with Gasteiger partial charge in [0.15, 0.2) is 17.5 Å². The van der Waals surface area contributed by atoms with E-state index in [9.17, 15) is 0 Å². The van der Waals surface area contributed by atoms with Crippen LogP contribution in [0.5, 0.6) is 0 Å². The van der Waals surface area contributed by atoms with Gasteiger partial charge in [0, 0.05) is 33.0 Å². The molecule has 57 heavy (non-hydrogen) atoms. The molecule has 2 aromatic heterocycles. The number of benzene rings is 9. The Morgan fingerprint density at radius 3 is 1.49 bits per heavy atom. The molecule has 0 saturated heterocycles. The maximum Gasteiger partial charge on any atom is 0.164 e. The molecule has 0 aliphatic heterocycles. The van der Waals surface area contributed by atoms with Gasteiger partial charge < -0.3 is 4.42 Å². The second-order valence-corrected chi connectivity index (χ2v) is 14.3. The molecule has 0 N–H and O–H groups in total. The van der Waals surface area contributed by atoms with Gasteiger partial charge in [-0.15, -0.1) is 0 Å². The van der Waals surface area contributed by atoms with Crippen LogP contribution in [-0.2, 0) is 0 Å². The Balaban J connectivity index is 1.11. The van der Waals surface area contributed by atoms with Crippen molar-refractivity contribution in [2.24, 2.45) is 0 Å². The molecule has 266 valence electrons. The predicted molar refractivity (Wildman–Crippen MR) is 235 cm³/mol. The molecule has 0 aliphatic rings. The SMILES string of the molecule is c1ccc(-c2ccc(-c3nc(-c4cc5ccccc5c5ccccc45)nc(-c4cccc5oc6c(-c7ccc(-c8ccccc8)cc7)cccc6c45)n3)cc2)cc1. The van der Waals surface area contributed by atoms with E-state index in [2.05, 4.69) is 176 Å². The lowest BCUT2D eigenvalue weighted by Gasteiger charge is -2.13. The molecular formula is C53H33N3O. The van der Waals surface area contributed by atoms with Crippen LogP contribution >= 0.6 is 0 Å². The van der Waals surface area contributed by atoms with Crippen LogP contribution in [0.25, 0.3) is 111 Å². The zero-order valence-electron chi connectivity index (χ0n) is 30.8. The maximum atomic E-state index is 6.73. The van der Waals surface area contributed by atoms with Crippen LogP contribution in [0.1, 0.15) is 0 Å². The molecule has 9 aromatic carbocycles. The summed E-state index contributed by atoms with van der Waals surface area (Å²) in [6.45, 7) is 0. The number of nitrogens with zero attached hydrogens (tertiary/aromatic N) is 3. The molecule has 2 heterocycles. The standard InChI is InChI=1S/C53H33N3O/c1-3-13-34(14-4-1)36-25-29-38(30-26-36)42-21-11-22-45-49-46(23-12-24-48(49)57-50(42)45)52-54-51(39-31-27-37(28-32-39)35-15-5-2-6-16-35)55-53(56-52)47-33-40-17-7-8-18-41(40)43-19-9-10-20-44(43)47/h1-33H. The highest BCUT2D eigenvalue weighted by molar-refractivity contribution is 6.16. The van der Waals surface area contributed by atoms with E-state index in [1.807, 2.05) is 24.3 Å². The molecule has 0 spiro atoms. The number of para-hydroxylation sites is 1. The lowest BCUT2D eigenvalue weighted by Crippen LogP contribution is -2.01. The fourth-order valence-electron chi connectivity index (χ4n) is 8.16. The first-order valence-electron chi connectivity index (χ1n) is 19.2. The van der Waals surface area contributed by atoms with Gasteiger partial charge >= 0.3 is 0 Å². The fraction of sp³-hybridized carbons (Fsp3) is 0. The van der Waals surface area contributed by atoms with Crippen LogP contribution < -0.4 is 0 Å². The molecule has 11 aromatic rings. The summed E-state index contributed by atoms with van der Waals surface area (Å²) in [6, 6.07) is 69.8. The van der Waals surface area contributed by atoms with Crippen molar-refractivity contribution in [3.8, 4) is 67.5 Å². The Morgan fingerprint density at radius 1 is 0.298 bits per heavy atom. The van der Waals surface area contributed by atoms with E-state index in [1.54, 1.807) is 0 Å². The number of hydrogen-bond acceptors (Lipinski definition) is 4. The van der Waals surface area contributed by atoms with Gasteiger partial charge in [-0.05, 0) is 61.5 Å². The van der Waals surface area contributed by atoms with E-state index >= 15 is 0 Å². The van der Waals surface area contributed by atoms with Gasteiger partial charge in [-0.3, -0.25) is 0 Å². The highest BCUT2D eigenvalue weighted by Crippen LogP contribution is 2.41. The molecule has 0 saturated carbocycles. The number of hydrogen-bond donors (Lipinski definition) is 0. The average Bonchev–Trinajstić information content (AvgIpc) is 3.69. The third-order valence-electron chi connectivity index (χ3n) is 11.0. The highest BCUT2D eigenvalue weighted by atomic mass is 16.3. The smallest absolute Gasteiger partial charge is 0.164 e. The molecule has 0 bridgehead atoms. The Morgan fingerprint density at radius 2 is 0.789 bits per heavy atom. The van der Waals surface area contributed by atoms with Crippen molar-refractivity contribution in [3.05, 3.63) is 200 Å². The first-order valence-corrected chi connectivity index (χ1v) is 19.2. The summed E-state index contributed by atoms with van der Waals surface area (Å²) in [6.07, 6.45) is 0. The molecule has 11 rings (SSSR count). The molecule has 0 atom stereocenters. The van der Waals surface area contributed by atoms with Gasteiger partial charge in [-0.2, -0.15) is 0 Å². The summed E-state index contributed by atoms with van der Waals surface area (Å²) in [4.78, 5) is 15.8. The van der Waals surface area contributed by atoms with Crippen molar-refractivity contribution >= 4 is 43.5 Å². The zero-order valence-corrected chi connectivity index (χ0v) is 30.8. The Kier molecular flexibility index (Phi) is 7.78. The van der Waals surface area contributed by atoms with Crippen LogP contribution in [-0.4, -0.2) is 15.0 Å². The number of aromatic nitrogens is 3. The zero-order chi connectivity index (χ0) is 37.7. The molecule has 4 nitrogen and oxygen atoms in total. The highest BCUT2D eigenvalue weighted by Gasteiger charge is 2.21. The Labute approximate surface area is 329 Å². The lowest BCUT2D eigenvalue weighted by atomic mass is 9.96. The van der Waals surface area contributed by atoms with E-state index in [0.29, 0.717) is 17.5 Å². The predicted octanol–water partition coefficient (Wildman–Crippen LogP) is 14.1. The molecular weight excluding hydrogens is 695 g/mol. The quantitative estimate of drug-likeness (QED) is 0.160. The molecule has 0 unspecified atom stereocenters. The second kappa shape index (κ2) is 13.6. The van der Waals surface area contributed by atoms with Gasteiger partial charge in [-0.25, -0.2) is 15.0 Å². The Bertz CT molecular complexity index is 3260. The molecule has 0 fully saturated rings. The summed E-state index contributed by atoms with van der Waals surface area (Å²) < 4.78 is 6.73. The first kappa shape index (κ1) is 32.7. The summed E-state index contributed by atoms with van der Waals surface area (Å²) in [5, 5.41) is 6.57. The largest absolute Gasteiger partial charge is 0.455 e. The second-order valence-electron chi connectivity index (χ2n) is 14.3. The van der Waals surface area contributed by atoms with Gasteiger partial charge in [0.2, 0.25) is 0 Å². The third-order valence-corrected chi connectivity index (χ3v) is 11.0. The summed E-state index contributed by atoms with van der Waals surface area (Å²) >= 11 is 0. The minimum absolute atomic E-state index is 0.588. The third kappa shape index (κ3) is 5.74. The van der Waals surface area contributed by atoms with E-state index in [1.165, 1.54) is 16.5 Å². The first-order chi connectivity index (χ1) is 28.2. The Hall–Kier alpha value is -7.69. The normalized spacial score (nSPS) is 11.5. The molecule has 0 aliphatic carbocycles. The van der Waals surface area contributed by atoms with Crippen LogP contribution in [0.15, 0.2) is 205 Å². The van der Waals surface area contributed by atoms with Crippen molar-refractivity contribution in [3.63, 3.8) is 0 Å².